The quantitative estimate of drug-likeness (QED) is 0.940. The van der Waals surface area contributed by atoms with Gasteiger partial charge in [-0.25, -0.2) is 4.39 Å². The fourth-order valence-corrected chi connectivity index (χ4v) is 2.83. The molecule has 0 amide bonds. The Bertz CT molecular complexity index is 665. The molecule has 0 saturated heterocycles. The number of carboxylic acids is 1. The topological polar surface area (TPSA) is 59.3 Å². The van der Waals surface area contributed by atoms with E-state index < -0.39 is 18.3 Å². The number of halogens is 2. The fraction of sp³-hybridized carbons (Fsp3) is 0.0909. The molecule has 0 fully saturated rings. The van der Waals surface area contributed by atoms with Crippen molar-refractivity contribution in [1.29, 1.82) is 0 Å². The molecule has 7 heteroatoms. The van der Waals surface area contributed by atoms with E-state index >= 15 is 0 Å². The van der Waals surface area contributed by atoms with Crippen molar-refractivity contribution in [3.05, 3.63) is 43.5 Å². The number of thiazole rings is 1. The Labute approximate surface area is 113 Å². The van der Waals surface area contributed by atoms with E-state index in [-0.39, 0.29) is 4.87 Å². The number of rotatable bonds is 3. The minimum Gasteiger partial charge on any atom is -0.480 e. The molecule has 1 heterocycles. The van der Waals surface area contributed by atoms with Crippen molar-refractivity contribution in [2.45, 2.75) is 6.54 Å². The SMILES string of the molecule is O=C(O)Cn1c(-c2ccc(F)cc2Br)csc1=O. The second kappa shape index (κ2) is 5.03. The maximum atomic E-state index is 13.0. The van der Waals surface area contributed by atoms with Gasteiger partial charge in [-0.3, -0.25) is 14.2 Å². The Kier molecular flexibility index (Phi) is 3.63. The van der Waals surface area contributed by atoms with Crippen LogP contribution in [0.5, 0.6) is 0 Å². The highest BCUT2D eigenvalue weighted by Crippen LogP contribution is 2.29. The van der Waals surface area contributed by atoms with Gasteiger partial charge in [0.2, 0.25) is 0 Å². The maximum Gasteiger partial charge on any atom is 0.323 e. The van der Waals surface area contributed by atoms with Crippen molar-refractivity contribution in [2.24, 2.45) is 0 Å². The number of benzene rings is 1. The Morgan fingerprint density at radius 3 is 2.83 bits per heavy atom. The van der Waals surface area contributed by atoms with Gasteiger partial charge in [-0.2, -0.15) is 0 Å². The van der Waals surface area contributed by atoms with Crippen LogP contribution in [-0.4, -0.2) is 15.6 Å². The van der Waals surface area contributed by atoms with Gasteiger partial charge >= 0.3 is 10.8 Å². The summed E-state index contributed by atoms with van der Waals surface area (Å²) in [6, 6.07) is 4.02. The molecule has 1 aromatic carbocycles. The van der Waals surface area contributed by atoms with Gasteiger partial charge in [-0.15, -0.1) is 0 Å². The molecule has 1 aromatic heterocycles. The van der Waals surface area contributed by atoms with Crippen LogP contribution in [0.2, 0.25) is 0 Å². The minimum absolute atomic E-state index is 0.358. The molecule has 4 nitrogen and oxygen atoms in total. The van der Waals surface area contributed by atoms with Gasteiger partial charge in [0, 0.05) is 15.4 Å². The van der Waals surface area contributed by atoms with E-state index in [1.165, 1.54) is 18.2 Å². The first-order chi connectivity index (χ1) is 8.49. The van der Waals surface area contributed by atoms with Gasteiger partial charge in [0.05, 0.1) is 5.69 Å². The predicted molar refractivity (Wildman–Crippen MR) is 69.3 cm³/mol. The molecule has 1 N–H and O–H groups in total. The van der Waals surface area contributed by atoms with E-state index in [4.69, 9.17) is 5.11 Å². The molecule has 0 aliphatic carbocycles. The smallest absolute Gasteiger partial charge is 0.323 e. The van der Waals surface area contributed by atoms with Crippen LogP contribution in [0.4, 0.5) is 4.39 Å². The normalized spacial score (nSPS) is 10.6. The van der Waals surface area contributed by atoms with Crippen molar-refractivity contribution < 1.29 is 14.3 Å². The standard InChI is InChI=1S/C11H7BrFNO3S/c12-8-3-6(13)1-2-7(8)9-5-18-11(17)14(9)4-10(15)16/h1-3,5H,4H2,(H,15,16). The first kappa shape index (κ1) is 13.0. The second-order valence-electron chi connectivity index (χ2n) is 3.49. The third-order valence-corrected chi connectivity index (χ3v) is 3.70. The number of carboxylic acid groups (broad SMARTS) is 1. The van der Waals surface area contributed by atoms with Crippen LogP contribution >= 0.6 is 27.3 Å². The number of nitrogens with zero attached hydrogens (tertiary/aromatic N) is 1. The monoisotopic (exact) mass is 331 g/mol. The minimum atomic E-state index is -1.10. The summed E-state index contributed by atoms with van der Waals surface area (Å²) in [5, 5.41) is 10.3. The van der Waals surface area contributed by atoms with Gasteiger partial charge < -0.3 is 5.11 Å². The first-order valence-corrected chi connectivity index (χ1v) is 6.52. The zero-order valence-electron chi connectivity index (χ0n) is 8.89. The van der Waals surface area contributed by atoms with Crippen LogP contribution < -0.4 is 4.87 Å². The van der Waals surface area contributed by atoms with Crippen LogP contribution in [0.25, 0.3) is 11.3 Å². The fourth-order valence-electron chi connectivity index (χ4n) is 1.52. The number of aliphatic carboxylic acids is 1. The van der Waals surface area contributed by atoms with Crippen molar-refractivity contribution in [2.75, 3.05) is 0 Å². The highest BCUT2D eigenvalue weighted by atomic mass is 79.9. The highest BCUT2D eigenvalue weighted by molar-refractivity contribution is 9.10. The second-order valence-corrected chi connectivity index (χ2v) is 5.17. The summed E-state index contributed by atoms with van der Waals surface area (Å²) in [4.78, 5) is 21.9. The average Bonchev–Trinajstić information content (AvgIpc) is 2.60. The predicted octanol–water partition coefficient (Wildman–Crippen LogP) is 2.56. The summed E-state index contributed by atoms with van der Waals surface area (Å²) in [5.74, 6) is -1.51. The zero-order valence-corrected chi connectivity index (χ0v) is 11.3. The van der Waals surface area contributed by atoms with E-state index in [0.29, 0.717) is 15.7 Å². The molecule has 0 unspecified atom stereocenters. The lowest BCUT2D eigenvalue weighted by Crippen LogP contribution is -2.19. The third-order valence-electron chi connectivity index (χ3n) is 2.28. The summed E-state index contributed by atoms with van der Waals surface area (Å²) in [5.41, 5.74) is 1.04. The molecular weight excluding hydrogens is 325 g/mol. The molecule has 2 aromatic rings. The first-order valence-electron chi connectivity index (χ1n) is 4.84. The van der Waals surface area contributed by atoms with Crippen LogP contribution in [0.15, 0.2) is 32.8 Å². The van der Waals surface area contributed by atoms with Crippen LogP contribution in [0.3, 0.4) is 0 Å². The van der Waals surface area contributed by atoms with Gasteiger partial charge in [0.15, 0.2) is 0 Å². The Morgan fingerprint density at radius 1 is 1.50 bits per heavy atom. The van der Waals surface area contributed by atoms with E-state index in [0.717, 1.165) is 15.9 Å². The lowest BCUT2D eigenvalue weighted by atomic mass is 10.1. The van der Waals surface area contributed by atoms with Crippen LogP contribution in [0, 0.1) is 5.82 Å². The summed E-state index contributed by atoms with van der Waals surface area (Å²) in [6.07, 6.45) is 0. The third kappa shape index (κ3) is 2.51. The highest BCUT2D eigenvalue weighted by Gasteiger charge is 2.14. The van der Waals surface area contributed by atoms with Gasteiger partial charge in [-0.05, 0) is 34.1 Å². The summed E-state index contributed by atoms with van der Waals surface area (Å²) in [7, 11) is 0. The van der Waals surface area contributed by atoms with Crippen molar-refractivity contribution in [1.82, 2.24) is 4.57 Å². The van der Waals surface area contributed by atoms with Gasteiger partial charge in [0.1, 0.15) is 12.4 Å². The van der Waals surface area contributed by atoms with Crippen molar-refractivity contribution in [3.63, 3.8) is 0 Å². The Morgan fingerprint density at radius 2 is 2.22 bits per heavy atom. The Hall–Kier alpha value is -1.47. The van der Waals surface area contributed by atoms with Crippen molar-refractivity contribution in [3.8, 4) is 11.3 Å². The summed E-state index contributed by atoms with van der Waals surface area (Å²) in [6.45, 7) is -0.415. The molecule has 2 rings (SSSR count). The largest absolute Gasteiger partial charge is 0.480 e. The summed E-state index contributed by atoms with van der Waals surface area (Å²) < 4.78 is 14.6. The lowest BCUT2D eigenvalue weighted by molar-refractivity contribution is -0.137. The van der Waals surface area contributed by atoms with E-state index in [1.54, 1.807) is 5.38 Å². The van der Waals surface area contributed by atoms with Gasteiger partial charge in [0.25, 0.3) is 0 Å². The van der Waals surface area contributed by atoms with Crippen LogP contribution in [0.1, 0.15) is 0 Å². The van der Waals surface area contributed by atoms with E-state index in [9.17, 15) is 14.0 Å². The van der Waals surface area contributed by atoms with E-state index in [2.05, 4.69) is 15.9 Å². The molecule has 0 bridgehead atoms. The van der Waals surface area contributed by atoms with Crippen LogP contribution in [-0.2, 0) is 11.3 Å². The van der Waals surface area contributed by atoms with Crippen molar-refractivity contribution >= 4 is 33.2 Å². The number of carbonyl (C=O) groups is 1. The molecular formula is C11H7BrFNO3S. The molecule has 18 heavy (non-hydrogen) atoms. The lowest BCUT2D eigenvalue weighted by Gasteiger charge is -2.07. The Balaban J connectivity index is 2.57. The molecule has 94 valence electrons. The number of hydrogen-bond acceptors (Lipinski definition) is 3. The molecule has 0 atom stereocenters. The molecule has 0 aliphatic rings. The van der Waals surface area contributed by atoms with E-state index in [1.807, 2.05) is 0 Å². The molecule has 0 aliphatic heterocycles. The average molecular weight is 332 g/mol. The maximum absolute atomic E-state index is 13.0. The number of aromatic nitrogens is 1. The molecule has 0 saturated carbocycles. The zero-order chi connectivity index (χ0) is 13.3. The van der Waals surface area contributed by atoms with Gasteiger partial charge in [-0.1, -0.05) is 11.3 Å². The molecule has 0 radical (unpaired) electrons. The number of hydrogen-bond donors (Lipinski definition) is 1. The molecule has 0 spiro atoms. The summed E-state index contributed by atoms with van der Waals surface area (Å²) >= 11 is 4.11.